The molecule has 6 rings (SSSR count). The van der Waals surface area contributed by atoms with E-state index in [1.165, 1.54) is 19.3 Å². The third kappa shape index (κ3) is 7.25. The summed E-state index contributed by atoms with van der Waals surface area (Å²) in [6.45, 7) is 6.91. The molecule has 10 nitrogen and oxygen atoms in total. The maximum absolute atomic E-state index is 13.7. The van der Waals surface area contributed by atoms with Crippen molar-refractivity contribution in [1.29, 1.82) is 0 Å². The summed E-state index contributed by atoms with van der Waals surface area (Å²) in [5.74, 6) is 1.05. The number of carbonyl (C=O) groups excluding carboxylic acids is 1. The SMILES string of the molecule is Cc1nc2c(c(=O)n1CCOc1ccc(Cl)cc1C1CC(C)NC3C(C(=O)NS(C)(=O)=O)CSC13)C[C@@H](N1CCCCC1)CC2. The van der Waals surface area contributed by atoms with Gasteiger partial charge in [0.2, 0.25) is 15.9 Å². The average Bonchev–Trinajstić information content (AvgIpc) is 3.42. The first-order chi connectivity index (χ1) is 21.5. The number of nitrogens with zero attached hydrogens (tertiary/aromatic N) is 3. The van der Waals surface area contributed by atoms with Crippen molar-refractivity contribution in [2.45, 2.75) is 94.6 Å². The molecular formula is C32H44ClN5O5S2. The Bertz CT molecular complexity index is 1590. The van der Waals surface area contributed by atoms with E-state index in [0.29, 0.717) is 41.5 Å². The number of fused-ring (bicyclic) bond motifs is 2. The number of amides is 1. The number of halogens is 1. The molecule has 1 aromatic heterocycles. The molecule has 5 unspecified atom stereocenters. The molecule has 2 N–H and O–H groups in total. The number of aryl methyl sites for hydroxylation is 2. The Morgan fingerprint density at radius 2 is 2.02 bits per heavy atom. The second-order valence-corrected chi connectivity index (χ2v) is 16.5. The van der Waals surface area contributed by atoms with Gasteiger partial charge in [-0.25, -0.2) is 13.4 Å². The fourth-order valence-electron chi connectivity index (χ4n) is 7.80. The number of aromatic nitrogens is 2. The third-order valence-electron chi connectivity index (χ3n) is 9.90. The summed E-state index contributed by atoms with van der Waals surface area (Å²) < 4.78 is 33.9. The lowest BCUT2D eigenvalue weighted by Gasteiger charge is -2.40. The zero-order valence-corrected chi connectivity index (χ0v) is 28.6. The molecule has 13 heteroatoms. The van der Waals surface area contributed by atoms with Crippen LogP contribution in [-0.4, -0.2) is 83.9 Å². The zero-order valence-electron chi connectivity index (χ0n) is 26.3. The van der Waals surface area contributed by atoms with E-state index in [0.717, 1.165) is 61.8 Å². The van der Waals surface area contributed by atoms with Crippen molar-refractivity contribution in [2.24, 2.45) is 5.92 Å². The van der Waals surface area contributed by atoms with E-state index in [-0.39, 0.29) is 28.8 Å². The normalized spacial score (nSPS) is 28.7. The molecule has 1 aromatic carbocycles. The van der Waals surface area contributed by atoms with Gasteiger partial charge in [0.05, 0.1) is 24.4 Å². The van der Waals surface area contributed by atoms with Crippen molar-refractivity contribution in [2.75, 3.05) is 31.7 Å². The molecule has 3 fully saturated rings. The maximum atomic E-state index is 13.7. The first kappa shape index (κ1) is 32.8. The van der Waals surface area contributed by atoms with Gasteiger partial charge in [0.25, 0.3) is 5.56 Å². The minimum atomic E-state index is -3.65. The van der Waals surface area contributed by atoms with Crippen LogP contribution in [0.3, 0.4) is 0 Å². The molecule has 1 amide bonds. The molecule has 0 saturated carbocycles. The van der Waals surface area contributed by atoms with Gasteiger partial charge in [0.1, 0.15) is 18.2 Å². The molecule has 0 spiro atoms. The number of piperidine rings is 2. The van der Waals surface area contributed by atoms with Gasteiger partial charge in [0, 0.05) is 45.6 Å². The fourth-order valence-corrected chi connectivity index (χ4v) is 10.2. The van der Waals surface area contributed by atoms with Crippen LogP contribution in [0.2, 0.25) is 5.02 Å². The largest absolute Gasteiger partial charge is 0.491 e. The smallest absolute Gasteiger partial charge is 0.257 e. The molecule has 0 radical (unpaired) electrons. The summed E-state index contributed by atoms with van der Waals surface area (Å²) in [5.41, 5.74) is 2.83. The van der Waals surface area contributed by atoms with Gasteiger partial charge in [-0.15, -0.1) is 0 Å². The van der Waals surface area contributed by atoms with Gasteiger partial charge >= 0.3 is 0 Å². The minimum Gasteiger partial charge on any atom is -0.491 e. The van der Waals surface area contributed by atoms with Crippen molar-refractivity contribution in [3.05, 3.63) is 56.2 Å². The molecule has 6 atom stereocenters. The van der Waals surface area contributed by atoms with E-state index in [2.05, 4.69) is 21.9 Å². The molecule has 0 bridgehead atoms. The van der Waals surface area contributed by atoms with Crippen molar-refractivity contribution >= 4 is 39.3 Å². The van der Waals surface area contributed by atoms with Gasteiger partial charge < -0.3 is 15.0 Å². The number of ether oxygens (including phenoxy) is 1. The van der Waals surface area contributed by atoms with Crippen LogP contribution in [-0.2, 0) is 34.2 Å². The van der Waals surface area contributed by atoms with E-state index in [1.807, 2.05) is 25.1 Å². The molecule has 3 saturated heterocycles. The first-order valence-electron chi connectivity index (χ1n) is 16.1. The molecule has 4 aliphatic rings. The highest BCUT2D eigenvalue weighted by atomic mass is 35.5. The van der Waals surface area contributed by atoms with Crippen LogP contribution in [0.25, 0.3) is 0 Å². The monoisotopic (exact) mass is 677 g/mol. The van der Waals surface area contributed by atoms with Gasteiger partial charge in [-0.2, -0.15) is 11.8 Å². The number of likely N-dealkylation sites (tertiary alicyclic amines) is 1. The Hall–Kier alpha value is -2.12. The van der Waals surface area contributed by atoms with Crippen LogP contribution in [0, 0.1) is 12.8 Å². The Kier molecular flexibility index (Phi) is 9.88. The summed E-state index contributed by atoms with van der Waals surface area (Å²) in [5, 5.41) is 4.20. The summed E-state index contributed by atoms with van der Waals surface area (Å²) in [6.07, 6.45) is 8.26. The van der Waals surface area contributed by atoms with Gasteiger partial charge in [-0.1, -0.05) is 18.0 Å². The minimum absolute atomic E-state index is 0.0416. The lowest BCUT2D eigenvalue weighted by Crippen LogP contribution is -2.55. The van der Waals surface area contributed by atoms with E-state index in [9.17, 15) is 18.0 Å². The highest BCUT2D eigenvalue weighted by Gasteiger charge is 2.49. The second kappa shape index (κ2) is 13.5. The molecule has 246 valence electrons. The fraction of sp³-hybridized carbons (Fsp3) is 0.656. The number of carbonyl (C=O) groups is 1. The highest BCUT2D eigenvalue weighted by Crippen LogP contribution is 2.48. The number of sulfonamides is 1. The van der Waals surface area contributed by atoms with E-state index >= 15 is 0 Å². The van der Waals surface area contributed by atoms with Crippen LogP contribution in [0.1, 0.15) is 67.6 Å². The second-order valence-electron chi connectivity index (χ2n) is 13.1. The van der Waals surface area contributed by atoms with Gasteiger partial charge in [-0.3, -0.25) is 18.9 Å². The van der Waals surface area contributed by atoms with Crippen molar-refractivity contribution in [3.8, 4) is 5.75 Å². The number of hydrogen-bond donors (Lipinski definition) is 2. The predicted molar refractivity (Wildman–Crippen MR) is 178 cm³/mol. The van der Waals surface area contributed by atoms with Crippen LogP contribution in [0.5, 0.6) is 5.75 Å². The Labute approximate surface area is 275 Å². The first-order valence-corrected chi connectivity index (χ1v) is 19.4. The zero-order chi connectivity index (χ0) is 31.9. The maximum Gasteiger partial charge on any atom is 0.257 e. The number of thioether (sulfide) groups is 1. The molecule has 45 heavy (non-hydrogen) atoms. The number of hydrogen-bond acceptors (Lipinski definition) is 9. The van der Waals surface area contributed by atoms with Crippen LogP contribution in [0.4, 0.5) is 0 Å². The van der Waals surface area contributed by atoms with Crippen molar-refractivity contribution < 1.29 is 17.9 Å². The molecule has 2 aromatic rings. The molecule has 3 aliphatic heterocycles. The van der Waals surface area contributed by atoms with Crippen LogP contribution >= 0.6 is 23.4 Å². The summed E-state index contributed by atoms with van der Waals surface area (Å²) in [6, 6.07) is 5.97. The Balaban J connectivity index is 1.18. The number of nitrogens with one attached hydrogen (secondary N) is 2. The highest BCUT2D eigenvalue weighted by molar-refractivity contribution is 8.00. The molecule has 4 heterocycles. The predicted octanol–water partition coefficient (Wildman–Crippen LogP) is 3.27. The van der Waals surface area contributed by atoms with Gasteiger partial charge in [0.15, 0.2) is 0 Å². The topological polar surface area (TPSA) is 123 Å². The van der Waals surface area contributed by atoms with E-state index in [1.54, 1.807) is 16.3 Å². The lowest BCUT2D eigenvalue weighted by molar-refractivity contribution is -0.123. The van der Waals surface area contributed by atoms with Crippen molar-refractivity contribution in [1.82, 2.24) is 24.5 Å². The lowest BCUT2D eigenvalue weighted by atomic mass is 9.79. The molecule has 1 aliphatic carbocycles. The standard InChI is InChI=1S/C32H44ClN5O5S2/c1-19-15-24(30-29(34-19)26(18-44-30)31(39)36-45(3,41)42)23-16-21(33)7-10-28(23)43-14-13-38-20(2)35-27-9-8-22(17-25(27)32(38)40)37-11-5-4-6-12-37/h7,10,16,19,22,24,26,29-30,34H,4-6,8-9,11-15,17-18H2,1-3H3,(H,36,39)/t19?,22-,24?,26?,29?,30?/m0/s1. The quantitative estimate of drug-likeness (QED) is 0.434. The number of benzene rings is 1. The van der Waals surface area contributed by atoms with Crippen LogP contribution in [0.15, 0.2) is 23.0 Å². The third-order valence-corrected chi connectivity index (χ3v) is 12.3. The Morgan fingerprint density at radius 1 is 1.24 bits per heavy atom. The van der Waals surface area contributed by atoms with Crippen LogP contribution < -0.4 is 20.3 Å². The van der Waals surface area contributed by atoms with Crippen molar-refractivity contribution in [3.63, 3.8) is 0 Å². The summed E-state index contributed by atoms with van der Waals surface area (Å²) in [4.78, 5) is 34.1. The summed E-state index contributed by atoms with van der Waals surface area (Å²) in [7, 11) is -3.65. The average molecular weight is 678 g/mol. The van der Waals surface area contributed by atoms with E-state index < -0.39 is 21.8 Å². The summed E-state index contributed by atoms with van der Waals surface area (Å²) >= 11 is 8.19. The molecular weight excluding hydrogens is 634 g/mol. The Morgan fingerprint density at radius 3 is 2.78 bits per heavy atom. The number of rotatable bonds is 8. The van der Waals surface area contributed by atoms with E-state index in [4.69, 9.17) is 21.3 Å². The van der Waals surface area contributed by atoms with Gasteiger partial charge in [-0.05, 0) is 89.2 Å².